The Labute approximate surface area is 225 Å². The minimum atomic E-state index is -0.115. The van der Waals surface area contributed by atoms with Gasteiger partial charge in [-0.2, -0.15) is 5.10 Å². The number of fused-ring (bicyclic) bond motifs is 1. The summed E-state index contributed by atoms with van der Waals surface area (Å²) < 4.78 is 17.2. The summed E-state index contributed by atoms with van der Waals surface area (Å²) in [6.45, 7) is 8.34. The van der Waals surface area contributed by atoms with Gasteiger partial charge in [0.05, 0.1) is 20.3 Å². The van der Waals surface area contributed by atoms with E-state index in [1.54, 1.807) is 7.11 Å². The molecule has 38 heavy (non-hydrogen) atoms. The molecule has 2 aliphatic rings. The first kappa shape index (κ1) is 26.4. The summed E-state index contributed by atoms with van der Waals surface area (Å²) in [7, 11) is 1.66. The zero-order valence-corrected chi connectivity index (χ0v) is 22.8. The summed E-state index contributed by atoms with van der Waals surface area (Å²) in [5, 5.41) is 7.86. The number of methoxy groups -OCH3 is 1. The molecule has 0 atom stereocenters. The fraction of sp³-hybridized carbons (Fsp3) is 0.484. The number of rotatable bonds is 9. The first-order valence-electron chi connectivity index (χ1n) is 13.5. The van der Waals surface area contributed by atoms with Gasteiger partial charge in [-0.3, -0.25) is 9.89 Å². The monoisotopic (exact) mass is 517 g/mol. The fourth-order valence-electron chi connectivity index (χ4n) is 5.74. The van der Waals surface area contributed by atoms with Gasteiger partial charge < -0.3 is 19.1 Å². The van der Waals surface area contributed by atoms with Gasteiger partial charge in [0.2, 0.25) is 0 Å². The second-order valence-corrected chi connectivity index (χ2v) is 11.6. The van der Waals surface area contributed by atoms with Crippen molar-refractivity contribution in [1.29, 1.82) is 0 Å². The molecule has 1 N–H and O–H groups in total. The van der Waals surface area contributed by atoms with Crippen molar-refractivity contribution in [3.05, 3.63) is 82.7 Å². The van der Waals surface area contributed by atoms with Crippen LogP contribution in [0.4, 0.5) is 0 Å². The molecule has 1 saturated heterocycles. The molecule has 0 saturated carbocycles. The molecule has 3 heterocycles. The zero-order valence-electron chi connectivity index (χ0n) is 22.8. The van der Waals surface area contributed by atoms with E-state index in [9.17, 15) is 4.79 Å². The normalized spacial score (nSPS) is 17.3. The lowest BCUT2D eigenvalue weighted by Crippen LogP contribution is -2.43. The molecule has 1 spiro atoms. The SMILES string of the molecule is COc1ccc(CN2CC3(CCOCC3)Cc3c(n[nH]c3CC(C)(C)COCc3ccccc3)C2=O)cc1. The van der Waals surface area contributed by atoms with Gasteiger partial charge in [0.25, 0.3) is 5.91 Å². The molecule has 202 valence electrons. The number of ether oxygens (including phenoxy) is 3. The number of carbonyl (C=O) groups is 1. The van der Waals surface area contributed by atoms with Crippen LogP contribution in [-0.2, 0) is 35.5 Å². The van der Waals surface area contributed by atoms with Gasteiger partial charge in [-0.25, -0.2) is 0 Å². The van der Waals surface area contributed by atoms with Gasteiger partial charge in [-0.05, 0) is 59.8 Å². The van der Waals surface area contributed by atoms with E-state index in [2.05, 4.69) is 36.2 Å². The van der Waals surface area contributed by atoms with Crippen molar-refractivity contribution in [3.63, 3.8) is 0 Å². The fourth-order valence-corrected chi connectivity index (χ4v) is 5.74. The minimum Gasteiger partial charge on any atom is -0.497 e. The molecule has 3 aromatic rings. The second-order valence-electron chi connectivity index (χ2n) is 11.6. The Morgan fingerprint density at radius 2 is 1.79 bits per heavy atom. The van der Waals surface area contributed by atoms with Crippen molar-refractivity contribution in [2.45, 2.75) is 52.7 Å². The van der Waals surface area contributed by atoms with Gasteiger partial charge in [-0.15, -0.1) is 0 Å². The molecule has 1 amide bonds. The summed E-state index contributed by atoms with van der Waals surface area (Å²) in [5.41, 5.74) is 4.82. The molecule has 7 nitrogen and oxygen atoms in total. The molecule has 0 unspecified atom stereocenters. The highest BCUT2D eigenvalue weighted by molar-refractivity contribution is 5.94. The van der Waals surface area contributed by atoms with E-state index >= 15 is 0 Å². The number of nitrogens with zero attached hydrogens (tertiary/aromatic N) is 2. The number of carbonyl (C=O) groups excluding carboxylic acids is 1. The summed E-state index contributed by atoms with van der Waals surface area (Å²) in [6, 6.07) is 18.2. The first-order valence-corrected chi connectivity index (χ1v) is 13.5. The largest absolute Gasteiger partial charge is 0.497 e. The Morgan fingerprint density at radius 1 is 1.05 bits per heavy atom. The van der Waals surface area contributed by atoms with Gasteiger partial charge in [0.1, 0.15) is 5.75 Å². The third kappa shape index (κ3) is 6.11. The van der Waals surface area contributed by atoms with Crippen LogP contribution >= 0.6 is 0 Å². The Hall–Kier alpha value is -3.16. The van der Waals surface area contributed by atoms with Crippen LogP contribution in [-0.4, -0.2) is 54.5 Å². The van der Waals surface area contributed by atoms with Crippen molar-refractivity contribution in [2.75, 3.05) is 33.5 Å². The molecule has 2 aromatic carbocycles. The molecule has 1 aromatic heterocycles. The van der Waals surface area contributed by atoms with Crippen LogP contribution in [0, 0.1) is 10.8 Å². The summed E-state index contributed by atoms with van der Waals surface area (Å²) >= 11 is 0. The maximum atomic E-state index is 13.9. The number of benzene rings is 2. The van der Waals surface area contributed by atoms with E-state index in [1.807, 2.05) is 47.4 Å². The van der Waals surface area contributed by atoms with E-state index in [1.165, 1.54) is 5.56 Å². The number of aromatic amines is 1. The van der Waals surface area contributed by atoms with Crippen molar-refractivity contribution in [2.24, 2.45) is 10.8 Å². The van der Waals surface area contributed by atoms with Crippen molar-refractivity contribution >= 4 is 5.91 Å². The number of amides is 1. The Balaban J connectivity index is 1.36. The number of hydrogen-bond donors (Lipinski definition) is 1. The maximum Gasteiger partial charge on any atom is 0.274 e. The van der Waals surface area contributed by atoms with Crippen LogP contribution in [0.25, 0.3) is 0 Å². The molecule has 0 aliphatic carbocycles. The third-order valence-electron chi connectivity index (χ3n) is 7.87. The van der Waals surface area contributed by atoms with E-state index < -0.39 is 0 Å². The van der Waals surface area contributed by atoms with Crippen LogP contribution in [0.1, 0.15) is 59.6 Å². The van der Waals surface area contributed by atoms with Crippen LogP contribution in [0.5, 0.6) is 5.75 Å². The quantitative estimate of drug-likeness (QED) is 0.422. The average molecular weight is 518 g/mol. The summed E-state index contributed by atoms with van der Waals surface area (Å²) in [6.07, 6.45) is 3.48. The summed E-state index contributed by atoms with van der Waals surface area (Å²) in [5.74, 6) is 0.811. The van der Waals surface area contributed by atoms with Crippen LogP contribution < -0.4 is 4.74 Å². The highest BCUT2D eigenvalue weighted by Crippen LogP contribution is 2.41. The van der Waals surface area contributed by atoms with Crippen molar-refractivity contribution in [3.8, 4) is 5.75 Å². The highest BCUT2D eigenvalue weighted by Gasteiger charge is 2.42. The number of aromatic nitrogens is 2. The number of nitrogens with one attached hydrogen (secondary N) is 1. The summed E-state index contributed by atoms with van der Waals surface area (Å²) in [4.78, 5) is 15.8. The molecule has 0 bridgehead atoms. The lowest BCUT2D eigenvalue weighted by atomic mass is 9.74. The smallest absolute Gasteiger partial charge is 0.274 e. The molecule has 7 heteroatoms. The lowest BCUT2D eigenvalue weighted by molar-refractivity contribution is -0.00212. The first-order chi connectivity index (χ1) is 18.4. The maximum absolute atomic E-state index is 13.9. The number of H-pyrrole nitrogens is 1. The van der Waals surface area contributed by atoms with Crippen molar-refractivity contribution < 1.29 is 19.0 Å². The molecule has 2 aliphatic heterocycles. The zero-order chi connectivity index (χ0) is 26.6. The van der Waals surface area contributed by atoms with Gasteiger partial charge in [0, 0.05) is 37.6 Å². The topological polar surface area (TPSA) is 76.7 Å². The molecular weight excluding hydrogens is 478 g/mol. The third-order valence-corrected chi connectivity index (χ3v) is 7.87. The van der Waals surface area contributed by atoms with Crippen molar-refractivity contribution in [1.82, 2.24) is 15.1 Å². The van der Waals surface area contributed by atoms with Crippen LogP contribution in [0.2, 0.25) is 0 Å². The average Bonchev–Trinajstić information content (AvgIpc) is 3.25. The lowest BCUT2D eigenvalue weighted by Gasteiger charge is -2.39. The van der Waals surface area contributed by atoms with Crippen LogP contribution in [0.3, 0.4) is 0 Å². The predicted molar refractivity (Wildman–Crippen MR) is 146 cm³/mol. The molecule has 5 rings (SSSR count). The molecular formula is C31H39N3O4. The Bertz CT molecular complexity index is 1210. The second kappa shape index (κ2) is 11.3. The van der Waals surface area contributed by atoms with E-state index in [-0.39, 0.29) is 16.7 Å². The number of hydrogen-bond acceptors (Lipinski definition) is 5. The van der Waals surface area contributed by atoms with Gasteiger partial charge in [-0.1, -0.05) is 56.3 Å². The van der Waals surface area contributed by atoms with E-state index in [0.717, 1.165) is 61.5 Å². The molecule has 0 radical (unpaired) electrons. The van der Waals surface area contributed by atoms with Gasteiger partial charge >= 0.3 is 0 Å². The minimum absolute atomic E-state index is 0.000168. The Kier molecular flexibility index (Phi) is 7.86. The van der Waals surface area contributed by atoms with E-state index in [0.29, 0.717) is 32.0 Å². The van der Waals surface area contributed by atoms with E-state index in [4.69, 9.17) is 14.2 Å². The predicted octanol–water partition coefficient (Wildman–Crippen LogP) is 5.20. The highest BCUT2D eigenvalue weighted by atomic mass is 16.5. The standard InChI is InChI=1S/C31H39N3O4/c1-30(2,22-38-20-24-7-5-4-6-8-24)18-27-26-17-31(13-15-37-16-14-31)21-34(29(35)28(26)33-32-27)19-23-9-11-25(36-3)12-10-23/h4-12H,13-22H2,1-3H3,(H,32,33). The molecule has 1 fully saturated rings. The van der Waals surface area contributed by atoms with Crippen LogP contribution in [0.15, 0.2) is 54.6 Å². The van der Waals surface area contributed by atoms with Gasteiger partial charge in [0.15, 0.2) is 5.69 Å². The Morgan fingerprint density at radius 3 is 2.50 bits per heavy atom.